The number of nitrogens with one attached hydrogen (secondary N) is 1. The first-order valence-corrected chi connectivity index (χ1v) is 15.7. The van der Waals surface area contributed by atoms with Crippen LogP contribution in [0.5, 0.6) is 11.5 Å². The number of anilines is 1. The van der Waals surface area contributed by atoms with Crippen LogP contribution in [-0.2, 0) is 26.2 Å². The van der Waals surface area contributed by atoms with E-state index >= 15 is 0 Å². The number of halogens is 1. The summed E-state index contributed by atoms with van der Waals surface area (Å²) < 4.78 is 40.4. The van der Waals surface area contributed by atoms with Crippen molar-refractivity contribution in [2.75, 3.05) is 30.6 Å². The fourth-order valence-electron chi connectivity index (χ4n) is 4.59. The zero-order valence-electron chi connectivity index (χ0n) is 24.0. The van der Waals surface area contributed by atoms with Crippen LogP contribution in [0.4, 0.5) is 5.69 Å². The van der Waals surface area contributed by atoms with Crippen molar-refractivity contribution >= 4 is 39.1 Å². The normalized spacial score (nSPS) is 13.4. The molecule has 0 aromatic heterocycles. The Morgan fingerprint density at radius 3 is 2.29 bits per heavy atom. The van der Waals surface area contributed by atoms with Crippen LogP contribution in [0.1, 0.15) is 32.8 Å². The van der Waals surface area contributed by atoms with Crippen LogP contribution in [0.15, 0.2) is 77.7 Å². The minimum absolute atomic E-state index is 0.0203. The summed E-state index contributed by atoms with van der Waals surface area (Å²) in [7, 11) is -4.20. The van der Waals surface area contributed by atoms with Crippen LogP contribution in [0.25, 0.3) is 0 Å². The first kappa shape index (κ1) is 31.2. The molecule has 3 aromatic rings. The summed E-state index contributed by atoms with van der Waals surface area (Å²) in [6.45, 7) is 6.37. The summed E-state index contributed by atoms with van der Waals surface area (Å²) >= 11 is 6.45. The van der Waals surface area contributed by atoms with Gasteiger partial charge in [0.15, 0.2) is 11.5 Å². The SMILES string of the molecule is CC[C@H](C(=O)NCC(C)C)N(Cc1ccccc1Cl)C(=O)CN(c1ccc2c(c1)OCCO2)S(=O)(=O)c1ccccc1. The number of hydrogen-bond acceptors (Lipinski definition) is 6. The molecule has 4 rings (SSSR count). The number of ether oxygens (including phenoxy) is 2. The van der Waals surface area contributed by atoms with Gasteiger partial charge in [-0.05, 0) is 48.2 Å². The van der Waals surface area contributed by atoms with Gasteiger partial charge in [0.05, 0.1) is 10.6 Å². The van der Waals surface area contributed by atoms with Gasteiger partial charge in [-0.2, -0.15) is 0 Å². The van der Waals surface area contributed by atoms with Gasteiger partial charge in [0.2, 0.25) is 11.8 Å². The molecule has 11 heteroatoms. The van der Waals surface area contributed by atoms with E-state index < -0.39 is 28.5 Å². The van der Waals surface area contributed by atoms with E-state index in [-0.39, 0.29) is 29.0 Å². The Hall–Kier alpha value is -3.76. The molecule has 224 valence electrons. The van der Waals surface area contributed by atoms with Crippen molar-refractivity contribution in [2.45, 2.75) is 44.7 Å². The van der Waals surface area contributed by atoms with Gasteiger partial charge in [0.25, 0.3) is 10.0 Å². The monoisotopic (exact) mass is 613 g/mol. The Morgan fingerprint density at radius 2 is 1.62 bits per heavy atom. The molecule has 0 fully saturated rings. The molecule has 0 radical (unpaired) electrons. The van der Waals surface area contributed by atoms with Gasteiger partial charge >= 0.3 is 0 Å². The quantitative estimate of drug-likeness (QED) is 0.312. The fraction of sp³-hybridized carbons (Fsp3) is 0.355. The van der Waals surface area contributed by atoms with Crippen molar-refractivity contribution in [3.05, 3.63) is 83.4 Å². The molecular formula is C31H36ClN3O6S. The molecule has 0 unspecified atom stereocenters. The van der Waals surface area contributed by atoms with Gasteiger partial charge < -0.3 is 19.7 Å². The molecule has 0 saturated heterocycles. The van der Waals surface area contributed by atoms with Crippen LogP contribution in [0.3, 0.4) is 0 Å². The van der Waals surface area contributed by atoms with Crippen LogP contribution in [0, 0.1) is 5.92 Å². The third-order valence-corrected chi connectivity index (χ3v) is 8.95. The Labute approximate surface area is 252 Å². The van der Waals surface area contributed by atoms with E-state index in [1.807, 2.05) is 20.8 Å². The molecule has 3 aromatic carbocycles. The maximum absolute atomic E-state index is 14.2. The van der Waals surface area contributed by atoms with E-state index in [4.69, 9.17) is 21.1 Å². The molecule has 2 amide bonds. The topological polar surface area (TPSA) is 105 Å². The Morgan fingerprint density at radius 1 is 0.952 bits per heavy atom. The lowest BCUT2D eigenvalue weighted by molar-refractivity contribution is -0.140. The van der Waals surface area contributed by atoms with E-state index in [0.717, 1.165) is 4.31 Å². The number of hydrogen-bond donors (Lipinski definition) is 1. The molecule has 42 heavy (non-hydrogen) atoms. The zero-order valence-corrected chi connectivity index (χ0v) is 25.5. The van der Waals surface area contributed by atoms with Gasteiger partial charge in [-0.15, -0.1) is 0 Å². The molecule has 1 atom stereocenters. The van der Waals surface area contributed by atoms with E-state index in [2.05, 4.69) is 5.32 Å². The van der Waals surface area contributed by atoms with E-state index in [1.54, 1.807) is 60.7 Å². The standard InChI is InChI=1S/C31H36ClN3O6S/c1-4-27(31(37)33-19-22(2)3)34(20-23-10-8-9-13-26(23)32)30(36)21-35(42(38,39)25-11-6-5-7-12-25)24-14-15-28-29(18-24)41-17-16-40-28/h5-15,18,22,27H,4,16-17,19-21H2,1-3H3,(H,33,37)/t27-/m1/s1. The number of carbonyl (C=O) groups excluding carboxylic acids is 2. The van der Waals surface area contributed by atoms with E-state index in [0.29, 0.717) is 48.3 Å². The van der Waals surface area contributed by atoms with Crippen molar-refractivity contribution < 1.29 is 27.5 Å². The molecule has 0 aliphatic carbocycles. The highest BCUT2D eigenvalue weighted by atomic mass is 35.5. The second kappa shape index (κ2) is 13.9. The van der Waals surface area contributed by atoms with Gasteiger partial charge in [0.1, 0.15) is 25.8 Å². The maximum Gasteiger partial charge on any atom is 0.264 e. The Balaban J connectivity index is 1.75. The summed E-state index contributed by atoms with van der Waals surface area (Å²) in [5.41, 5.74) is 0.867. The zero-order chi connectivity index (χ0) is 30.3. The highest BCUT2D eigenvalue weighted by molar-refractivity contribution is 7.92. The third kappa shape index (κ3) is 7.35. The summed E-state index contributed by atoms with van der Waals surface area (Å²) in [6.07, 6.45) is 0.315. The number of nitrogens with zero attached hydrogens (tertiary/aromatic N) is 2. The minimum Gasteiger partial charge on any atom is -0.486 e. The van der Waals surface area contributed by atoms with Crippen molar-refractivity contribution in [1.29, 1.82) is 0 Å². The lowest BCUT2D eigenvalue weighted by Gasteiger charge is -2.33. The third-order valence-electron chi connectivity index (χ3n) is 6.79. The molecule has 0 saturated carbocycles. The fourth-order valence-corrected chi connectivity index (χ4v) is 6.21. The second-order valence-corrected chi connectivity index (χ2v) is 12.6. The second-order valence-electron chi connectivity index (χ2n) is 10.3. The number of benzene rings is 3. The lowest BCUT2D eigenvalue weighted by atomic mass is 10.1. The smallest absolute Gasteiger partial charge is 0.264 e. The molecule has 1 N–H and O–H groups in total. The largest absolute Gasteiger partial charge is 0.486 e. The lowest BCUT2D eigenvalue weighted by Crippen LogP contribution is -2.52. The average molecular weight is 614 g/mol. The van der Waals surface area contributed by atoms with Gasteiger partial charge in [-0.3, -0.25) is 13.9 Å². The molecular weight excluding hydrogens is 578 g/mol. The van der Waals surface area contributed by atoms with Crippen LogP contribution in [0.2, 0.25) is 5.02 Å². The van der Waals surface area contributed by atoms with Crippen molar-refractivity contribution in [2.24, 2.45) is 5.92 Å². The summed E-state index contributed by atoms with van der Waals surface area (Å²) in [4.78, 5) is 29.0. The van der Waals surface area contributed by atoms with Crippen molar-refractivity contribution in [3.63, 3.8) is 0 Å². The molecule has 9 nitrogen and oxygen atoms in total. The van der Waals surface area contributed by atoms with Gasteiger partial charge in [-0.1, -0.05) is 68.8 Å². The molecule has 1 heterocycles. The van der Waals surface area contributed by atoms with Gasteiger partial charge in [0, 0.05) is 24.2 Å². The molecule has 0 bridgehead atoms. The number of rotatable bonds is 12. The van der Waals surface area contributed by atoms with Gasteiger partial charge in [-0.25, -0.2) is 8.42 Å². The first-order chi connectivity index (χ1) is 20.1. The highest BCUT2D eigenvalue weighted by Crippen LogP contribution is 2.36. The Bertz CT molecular complexity index is 1500. The number of amides is 2. The number of sulfonamides is 1. The predicted octanol–water partition coefficient (Wildman–Crippen LogP) is 4.89. The summed E-state index contributed by atoms with van der Waals surface area (Å²) in [5.74, 6) is 0.202. The molecule has 0 spiro atoms. The van der Waals surface area contributed by atoms with E-state index in [1.165, 1.54) is 17.0 Å². The maximum atomic E-state index is 14.2. The average Bonchev–Trinajstić information content (AvgIpc) is 2.99. The first-order valence-electron chi connectivity index (χ1n) is 13.9. The van der Waals surface area contributed by atoms with Crippen molar-refractivity contribution in [1.82, 2.24) is 10.2 Å². The van der Waals surface area contributed by atoms with Crippen LogP contribution < -0.4 is 19.1 Å². The molecule has 1 aliphatic rings. The predicted molar refractivity (Wildman–Crippen MR) is 162 cm³/mol. The summed E-state index contributed by atoms with van der Waals surface area (Å²) in [6, 6.07) is 18.9. The molecule has 1 aliphatic heterocycles. The minimum atomic E-state index is -4.20. The van der Waals surface area contributed by atoms with Crippen molar-refractivity contribution in [3.8, 4) is 11.5 Å². The van der Waals surface area contributed by atoms with Crippen LogP contribution >= 0.6 is 11.6 Å². The highest BCUT2D eigenvalue weighted by Gasteiger charge is 2.34. The van der Waals surface area contributed by atoms with E-state index in [9.17, 15) is 18.0 Å². The number of carbonyl (C=O) groups is 2. The Kier molecular flexibility index (Phi) is 10.3. The number of fused-ring (bicyclic) bond motifs is 1. The van der Waals surface area contributed by atoms with Crippen LogP contribution in [-0.4, -0.2) is 57.5 Å². The summed E-state index contributed by atoms with van der Waals surface area (Å²) in [5, 5.41) is 3.35.